The molecule has 0 radical (unpaired) electrons. The number of hydrogen-bond acceptors (Lipinski definition) is 2. The smallest absolute Gasteiger partial charge is 0.338 e. The van der Waals surface area contributed by atoms with Crippen LogP contribution in [0.25, 0.3) is 0 Å². The zero-order chi connectivity index (χ0) is 13.6. The fraction of sp³-hybridized carbons (Fsp3) is 0.909. The Kier molecular flexibility index (Phi) is 5.71. The first-order chi connectivity index (χ1) is 8.42. The van der Waals surface area contributed by atoms with E-state index >= 15 is 0 Å². The first kappa shape index (κ1) is 15.1. The summed E-state index contributed by atoms with van der Waals surface area (Å²) in [7, 11) is 0. The number of rotatable bonds is 4. The summed E-state index contributed by atoms with van der Waals surface area (Å²) in [6.45, 7) is -0.341. The molecule has 0 bridgehead atoms. The third-order valence-corrected chi connectivity index (χ3v) is 3.34. The van der Waals surface area contributed by atoms with Crippen LogP contribution in [0.4, 0.5) is 18.0 Å². The van der Waals surface area contributed by atoms with Gasteiger partial charge in [0.2, 0.25) is 0 Å². The second kappa shape index (κ2) is 6.82. The van der Waals surface area contributed by atoms with Gasteiger partial charge in [0, 0.05) is 6.54 Å². The van der Waals surface area contributed by atoms with Crippen molar-refractivity contribution in [1.29, 1.82) is 0 Å². The van der Waals surface area contributed by atoms with Crippen molar-refractivity contribution in [3.05, 3.63) is 0 Å². The minimum Gasteiger partial charge on any atom is -0.338 e. The van der Waals surface area contributed by atoms with E-state index < -0.39 is 18.8 Å². The van der Waals surface area contributed by atoms with Crippen LogP contribution in [-0.2, 0) is 0 Å². The summed E-state index contributed by atoms with van der Waals surface area (Å²) in [4.78, 5) is 11.2. The number of halogens is 3. The molecule has 0 spiro atoms. The van der Waals surface area contributed by atoms with Crippen molar-refractivity contribution in [3.63, 3.8) is 0 Å². The number of nitrogens with one attached hydrogen (secondary N) is 2. The summed E-state index contributed by atoms with van der Waals surface area (Å²) >= 11 is 0. The Morgan fingerprint density at radius 3 is 2.33 bits per heavy atom. The van der Waals surface area contributed by atoms with E-state index in [-0.39, 0.29) is 5.92 Å². The lowest BCUT2D eigenvalue weighted by molar-refractivity contribution is -0.122. The second-order valence-corrected chi connectivity index (χ2v) is 4.72. The zero-order valence-electron chi connectivity index (χ0n) is 10.2. The fourth-order valence-corrected chi connectivity index (χ4v) is 2.33. The highest BCUT2D eigenvalue weighted by Crippen LogP contribution is 2.28. The van der Waals surface area contributed by atoms with E-state index in [0.29, 0.717) is 19.0 Å². The molecule has 1 rings (SSSR count). The molecule has 2 amide bonds. The normalized spacial score (nSPS) is 24.7. The van der Waals surface area contributed by atoms with Gasteiger partial charge < -0.3 is 16.4 Å². The lowest BCUT2D eigenvalue weighted by Gasteiger charge is -2.30. The number of urea groups is 1. The summed E-state index contributed by atoms with van der Waals surface area (Å²) < 4.78 is 35.6. The number of nitrogens with two attached hydrogens (primary N) is 1. The van der Waals surface area contributed by atoms with Crippen LogP contribution in [0.5, 0.6) is 0 Å². The molecular weight excluding hydrogens is 247 g/mol. The molecule has 7 heteroatoms. The van der Waals surface area contributed by atoms with E-state index in [4.69, 9.17) is 5.73 Å². The molecule has 2 unspecified atom stereocenters. The summed E-state index contributed by atoms with van der Waals surface area (Å²) in [6, 6.07) is -0.770. The minimum atomic E-state index is -4.37. The SMILES string of the molecule is NCC1CCCCC1CNC(=O)NCC(F)(F)F. The van der Waals surface area contributed by atoms with Crippen LogP contribution in [0, 0.1) is 11.8 Å². The molecule has 1 aliphatic carbocycles. The van der Waals surface area contributed by atoms with Crippen molar-refractivity contribution in [2.75, 3.05) is 19.6 Å². The number of alkyl halides is 3. The zero-order valence-corrected chi connectivity index (χ0v) is 10.2. The third kappa shape index (κ3) is 5.57. The Labute approximate surface area is 104 Å². The lowest BCUT2D eigenvalue weighted by Crippen LogP contribution is -2.44. The Hall–Kier alpha value is -0.980. The average molecular weight is 267 g/mol. The van der Waals surface area contributed by atoms with Crippen LogP contribution in [0.3, 0.4) is 0 Å². The van der Waals surface area contributed by atoms with E-state index in [1.165, 1.54) is 0 Å². The highest BCUT2D eigenvalue weighted by Gasteiger charge is 2.28. The summed E-state index contributed by atoms with van der Waals surface area (Å²) in [5.41, 5.74) is 5.64. The molecule has 0 aromatic carbocycles. The number of carbonyl (C=O) groups is 1. The van der Waals surface area contributed by atoms with Gasteiger partial charge in [-0.25, -0.2) is 4.79 Å². The molecule has 1 fully saturated rings. The van der Waals surface area contributed by atoms with Gasteiger partial charge in [0.25, 0.3) is 0 Å². The predicted octanol–water partition coefficient (Wildman–Crippen LogP) is 1.61. The van der Waals surface area contributed by atoms with Crippen LogP contribution in [-0.4, -0.2) is 31.8 Å². The van der Waals surface area contributed by atoms with Crippen molar-refractivity contribution in [3.8, 4) is 0 Å². The average Bonchev–Trinajstić information content (AvgIpc) is 2.33. The maximum atomic E-state index is 11.9. The largest absolute Gasteiger partial charge is 0.405 e. The second-order valence-electron chi connectivity index (χ2n) is 4.72. The Morgan fingerprint density at radius 2 is 1.78 bits per heavy atom. The Balaban J connectivity index is 2.24. The Morgan fingerprint density at radius 1 is 1.17 bits per heavy atom. The van der Waals surface area contributed by atoms with Crippen LogP contribution >= 0.6 is 0 Å². The molecule has 4 N–H and O–H groups in total. The molecule has 0 saturated heterocycles. The number of carbonyl (C=O) groups excluding carboxylic acids is 1. The van der Waals surface area contributed by atoms with Gasteiger partial charge in [-0.3, -0.25) is 0 Å². The van der Waals surface area contributed by atoms with E-state index in [1.807, 2.05) is 0 Å². The summed E-state index contributed by atoms with van der Waals surface area (Å²) in [6.07, 6.45) is -0.137. The van der Waals surface area contributed by atoms with E-state index in [2.05, 4.69) is 5.32 Å². The van der Waals surface area contributed by atoms with Crippen LogP contribution in [0.2, 0.25) is 0 Å². The van der Waals surface area contributed by atoms with Gasteiger partial charge in [-0.2, -0.15) is 13.2 Å². The molecular formula is C11H20F3N3O. The molecule has 4 nitrogen and oxygen atoms in total. The van der Waals surface area contributed by atoms with Crippen molar-refractivity contribution in [2.24, 2.45) is 17.6 Å². The molecule has 2 atom stereocenters. The maximum Gasteiger partial charge on any atom is 0.405 e. The van der Waals surface area contributed by atoms with Crippen molar-refractivity contribution in [2.45, 2.75) is 31.9 Å². The van der Waals surface area contributed by atoms with Crippen molar-refractivity contribution < 1.29 is 18.0 Å². The van der Waals surface area contributed by atoms with Crippen molar-refractivity contribution in [1.82, 2.24) is 10.6 Å². The fourth-order valence-electron chi connectivity index (χ4n) is 2.33. The predicted molar refractivity (Wildman–Crippen MR) is 62.0 cm³/mol. The van der Waals surface area contributed by atoms with Crippen LogP contribution in [0.15, 0.2) is 0 Å². The maximum absolute atomic E-state index is 11.9. The van der Waals surface area contributed by atoms with Crippen molar-refractivity contribution >= 4 is 6.03 Å². The number of amides is 2. The molecule has 0 aliphatic heterocycles. The highest BCUT2D eigenvalue weighted by molar-refractivity contribution is 5.73. The van der Waals surface area contributed by atoms with Gasteiger partial charge in [-0.1, -0.05) is 12.8 Å². The monoisotopic (exact) mass is 267 g/mol. The van der Waals surface area contributed by atoms with Crippen LogP contribution < -0.4 is 16.4 Å². The highest BCUT2D eigenvalue weighted by atomic mass is 19.4. The first-order valence-corrected chi connectivity index (χ1v) is 6.21. The molecule has 0 aromatic heterocycles. The number of hydrogen-bond donors (Lipinski definition) is 3. The van der Waals surface area contributed by atoms with Gasteiger partial charge in [0.05, 0.1) is 0 Å². The van der Waals surface area contributed by atoms with E-state index in [1.54, 1.807) is 5.32 Å². The van der Waals surface area contributed by atoms with Gasteiger partial charge in [0.15, 0.2) is 0 Å². The van der Waals surface area contributed by atoms with Gasteiger partial charge in [-0.15, -0.1) is 0 Å². The molecule has 1 aliphatic rings. The van der Waals surface area contributed by atoms with E-state index in [9.17, 15) is 18.0 Å². The third-order valence-electron chi connectivity index (χ3n) is 3.34. The van der Waals surface area contributed by atoms with Gasteiger partial charge >= 0.3 is 12.2 Å². The topological polar surface area (TPSA) is 67.1 Å². The molecule has 1 saturated carbocycles. The van der Waals surface area contributed by atoms with Crippen LogP contribution in [0.1, 0.15) is 25.7 Å². The lowest BCUT2D eigenvalue weighted by atomic mass is 9.79. The quantitative estimate of drug-likeness (QED) is 0.724. The first-order valence-electron chi connectivity index (χ1n) is 6.21. The summed E-state index contributed by atoms with van der Waals surface area (Å²) in [5.74, 6) is 0.641. The molecule has 0 heterocycles. The molecule has 106 valence electrons. The van der Waals surface area contributed by atoms with E-state index in [0.717, 1.165) is 25.7 Å². The Bertz CT molecular complexity index is 271. The standard InChI is InChI=1S/C11H20F3N3O/c12-11(13,14)7-17-10(18)16-6-9-4-2-1-3-8(9)5-15/h8-9H,1-7,15H2,(H2,16,17,18). The van der Waals surface area contributed by atoms with Gasteiger partial charge in [-0.05, 0) is 31.2 Å². The molecule has 0 aromatic rings. The molecule has 18 heavy (non-hydrogen) atoms. The minimum absolute atomic E-state index is 0.278. The van der Waals surface area contributed by atoms with Gasteiger partial charge in [0.1, 0.15) is 6.54 Å². The summed E-state index contributed by atoms with van der Waals surface area (Å²) in [5, 5.41) is 4.27.